The molecule has 0 spiro atoms. The van der Waals surface area contributed by atoms with E-state index < -0.39 is 0 Å². The first-order chi connectivity index (χ1) is 14.2. The van der Waals surface area contributed by atoms with E-state index in [9.17, 15) is 4.79 Å². The molecule has 0 aliphatic carbocycles. The molecule has 1 saturated heterocycles. The van der Waals surface area contributed by atoms with Gasteiger partial charge in [0.05, 0.1) is 13.5 Å². The molecule has 0 N–H and O–H groups in total. The summed E-state index contributed by atoms with van der Waals surface area (Å²) in [5, 5.41) is 0. The fourth-order valence-corrected chi connectivity index (χ4v) is 4.13. The number of methoxy groups -OCH3 is 1. The number of carbonyl (C=O) groups is 1. The minimum Gasteiger partial charge on any atom is -0.497 e. The molecule has 1 fully saturated rings. The van der Waals surface area contributed by atoms with Crippen LogP contribution in [0.1, 0.15) is 30.9 Å². The molecule has 1 amide bonds. The van der Waals surface area contributed by atoms with Crippen LogP contribution in [0, 0.1) is 5.92 Å². The largest absolute Gasteiger partial charge is 0.497 e. The highest BCUT2D eigenvalue weighted by atomic mass is 16.5. The van der Waals surface area contributed by atoms with E-state index in [4.69, 9.17) is 4.74 Å². The van der Waals surface area contributed by atoms with Crippen LogP contribution >= 0.6 is 0 Å². The van der Waals surface area contributed by atoms with E-state index in [1.807, 2.05) is 23.1 Å². The van der Waals surface area contributed by atoms with Gasteiger partial charge in [-0.05, 0) is 68.0 Å². The number of rotatable bonds is 9. The maximum atomic E-state index is 12.7. The summed E-state index contributed by atoms with van der Waals surface area (Å²) in [4.78, 5) is 21.4. The van der Waals surface area contributed by atoms with E-state index in [1.54, 1.807) is 19.5 Å². The Morgan fingerprint density at radius 2 is 2.14 bits per heavy atom. The number of pyridine rings is 1. The van der Waals surface area contributed by atoms with Gasteiger partial charge in [0.2, 0.25) is 5.91 Å². The molecular formula is C24H33N3O2. The van der Waals surface area contributed by atoms with Gasteiger partial charge in [-0.2, -0.15) is 0 Å². The monoisotopic (exact) mass is 395 g/mol. The van der Waals surface area contributed by atoms with Crippen molar-refractivity contribution in [2.24, 2.45) is 5.92 Å². The van der Waals surface area contributed by atoms with Gasteiger partial charge >= 0.3 is 0 Å². The Morgan fingerprint density at radius 1 is 1.28 bits per heavy atom. The van der Waals surface area contributed by atoms with Gasteiger partial charge in [0.25, 0.3) is 0 Å². The first-order valence-corrected chi connectivity index (χ1v) is 10.7. The second-order valence-corrected chi connectivity index (χ2v) is 7.88. The fraction of sp³-hybridized carbons (Fsp3) is 0.500. The lowest BCUT2D eigenvalue weighted by molar-refractivity contribution is -0.131. The van der Waals surface area contributed by atoms with Crippen LogP contribution in [-0.4, -0.2) is 60.5 Å². The van der Waals surface area contributed by atoms with Crippen LogP contribution in [0.3, 0.4) is 0 Å². The molecule has 5 nitrogen and oxygen atoms in total. The molecule has 0 bridgehead atoms. The molecule has 1 atom stereocenters. The zero-order valence-corrected chi connectivity index (χ0v) is 17.7. The number of likely N-dealkylation sites (N-methyl/N-ethyl adjacent to an activating group) is 1. The van der Waals surface area contributed by atoms with Crippen LogP contribution in [-0.2, 0) is 17.6 Å². The number of ether oxygens (including phenoxy) is 1. The van der Waals surface area contributed by atoms with E-state index in [2.05, 4.69) is 35.0 Å². The maximum Gasteiger partial charge on any atom is 0.227 e. The highest BCUT2D eigenvalue weighted by molar-refractivity contribution is 5.78. The lowest BCUT2D eigenvalue weighted by atomic mass is 9.96. The highest BCUT2D eigenvalue weighted by Crippen LogP contribution is 2.20. The summed E-state index contributed by atoms with van der Waals surface area (Å²) in [6, 6.07) is 12.2. The van der Waals surface area contributed by atoms with Gasteiger partial charge in [-0.3, -0.25) is 9.78 Å². The number of amides is 1. The number of piperidine rings is 1. The number of likely N-dealkylation sites (tertiary alicyclic amines) is 1. The van der Waals surface area contributed by atoms with Crippen LogP contribution in [0.2, 0.25) is 0 Å². The molecular weight excluding hydrogens is 362 g/mol. The molecule has 1 aliphatic rings. The van der Waals surface area contributed by atoms with Crippen molar-refractivity contribution in [3.05, 3.63) is 59.9 Å². The average Bonchev–Trinajstić information content (AvgIpc) is 2.77. The minimum atomic E-state index is 0.203. The predicted octanol–water partition coefficient (Wildman–Crippen LogP) is 3.44. The first kappa shape index (κ1) is 21.3. The predicted molar refractivity (Wildman–Crippen MR) is 116 cm³/mol. The molecule has 1 aliphatic heterocycles. The molecule has 3 rings (SSSR count). The number of aromatic nitrogens is 1. The molecule has 0 unspecified atom stereocenters. The van der Waals surface area contributed by atoms with Gasteiger partial charge < -0.3 is 14.5 Å². The standard InChI is InChI=1S/C24H33N3O2/c1-3-27(24(28)16-21-8-5-12-25-17-21)19-22-9-6-13-26(18-22)14-11-20-7-4-10-23(15-20)29-2/h4-5,7-8,10,12,15,17,22H,3,6,9,11,13-14,16,18-19H2,1-2H3/t22-/m0/s1. The van der Waals surface area contributed by atoms with Crippen LogP contribution < -0.4 is 4.74 Å². The molecule has 0 saturated carbocycles. The summed E-state index contributed by atoms with van der Waals surface area (Å²) >= 11 is 0. The van der Waals surface area contributed by atoms with Gasteiger partial charge in [0, 0.05) is 38.6 Å². The quantitative estimate of drug-likeness (QED) is 0.653. The fourth-order valence-electron chi connectivity index (χ4n) is 4.13. The number of hydrogen-bond acceptors (Lipinski definition) is 4. The van der Waals surface area contributed by atoms with E-state index in [1.165, 1.54) is 18.4 Å². The lowest BCUT2D eigenvalue weighted by Gasteiger charge is -2.35. The minimum absolute atomic E-state index is 0.203. The topological polar surface area (TPSA) is 45.7 Å². The third kappa shape index (κ3) is 6.57. The zero-order valence-electron chi connectivity index (χ0n) is 17.7. The van der Waals surface area contributed by atoms with Crippen LogP contribution in [0.5, 0.6) is 5.75 Å². The van der Waals surface area contributed by atoms with Crippen molar-refractivity contribution in [1.29, 1.82) is 0 Å². The van der Waals surface area contributed by atoms with Gasteiger partial charge in [0.15, 0.2) is 0 Å². The Kier molecular flexibility index (Phi) is 8.05. The van der Waals surface area contributed by atoms with Crippen LogP contribution in [0.25, 0.3) is 0 Å². The Labute approximate surface area is 174 Å². The van der Waals surface area contributed by atoms with Crippen LogP contribution in [0.15, 0.2) is 48.8 Å². The number of hydrogen-bond donors (Lipinski definition) is 0. The average molecular weight is 396 g/mol. The van der Waals surface area contributed by atoms with Crippen molar-refractivity contribution in [3.8, 4) is 5.75 Å². The molecule has 2 heterocycles. The summed E-state index contributed by atoms with van der Waals surface area (Å²) in [6.07, 6.45) is 7.40. The van der Waals surface area contributed by atoms with E-state index in [0.29, 0.717) is 12.3 Å². The number of carbonyl (C=O) groups excluding carboxylic acids is 1. The van der Waals surface area contributed by atoms with Gasteiger partial charge in [0.1, 0.15) is 5.75 Å². The molecule has 1 aromatic carbocycles. The zero-order chi connectivity index (χ0) is 20.5. The van der Waals surface area contributed by atoms with Crippen molar-refractivity contribution < 1.29 is 9.53 Å². The molecule has 5 heteroatoms. The SMILES string of the molecule is CCN(C[C@H]1CCCN(CCc2cccc(OC)c2)C1)C(=O)Cc1cccnc1. The van der Waals surface area contributed by atoms with Gasteiger partial charge in [-0.1, -0.05) is 18.2 Å². The van der Waals surface area contributed by atoms with E-state index in [-0.39, 0.29) is 5.91 Å². The Hall–Kier alpha value is -2.40. The smallest absolute Gasteiger partial charge is 0.227 e. The van der Waals surface area contributed by atoms with Crippen molar-refractivity contribution in [2.75, 3.05) is 39.8 Å². The third-order valence-corrected chi connectivity index (χ3v) is 5.75. The van der Waals surface area contributed by atoms with E-state index in [0.717, 1.165) is 50.5 Å². The second kappa shape index (κ2) is 11.0. The molecule has 156 valence electrons. The molecule has 1 aromatic heterocycles. The normalized spacial score (nSPS) is 17.1. The van der Waals surface area contributed by atoms with Gasteiger partial charge in [-0.15, -0.1) is 0 Å². The van der Waals surface area contributed by atoms with Crippen molar-refractivity contribution >= 4 is 5.91 Å². The summed E-state index contributed by atoms with van der Waals surface area (Å²) in [5.41, 5.74) is 2.30. The Morgan fingerprint density at radius 3 is 2.90 bits per heavy atom. The summed E-state index contributed by atoms with van der Waals surface area (Å²) < 4.78 is 5.33. The van der Waals surface area contributed by atoms with Crippen molar-refractivity contribution in [1.82, 2.24) is 14.8 Å². The summed E-state index contributed by atoms with van der Waals surface area (Å²) in [6.45, 7) is 6.96. The third-order valence-electron chi connectivity index (χ3n) is 5.75. The molecule has 2 aromatic rings. The van der Waals surface area contributed by atoms with Gasteiger partial charge in [-0.25, -0.2) is 0 Å². The molecule has 0 radical (unpaired) electrons. The van der Waals surface area contributed by atoms with E-state index >= 15 is 0 Å². The highest BCUT2D eigenvalue weighted by Gasteiger charge is 2.23. The molecule has 29 heavy (non-hydrogen) atoms. The Balaban J connectivity index is 1.49. The van der Waals surface area contributed by atoms with Crippen LogP contribution in [0.4, 0.5) is 0 Å². The summed E-state index contributed by atoms with van der Waals surface area (Å²) in [7, 11) is 1.71. The lowest BCUT2D eigenvalue weighted by Crippen LogP contribution is -2.43. The Bertz CT molecular complexity index is 766. The first-order valence-electron chi connectivity index (χ1n) is 10.7. The second-order valence-electron chi connectivity index (χ2n) is 7.88. The number of benzene rings is 1. The summed E-state index contributed by atoms with van der Waals surface area (Å²) in [5.74, 6) is 1.67. The maximum absolute atomic E-state index is 12.7. The van der Waals surface area contributed by atoms with Crippen molar-refractivity contribution in [3.63, 3.8) is 0 Å². The van der Waals surface area contributed by atoms with Crippen molar-refractivity contribution in [2.45, 2.75) is 32.6 Å². The number of nitrogens with zero attached hydrogens (tertiary/aromatic N) is 3.